The molecule has 1 spiro atoms. The molecular formula is C59H43NO. The zero-order chi connectivity index (χ0) is 40.7. The van der Waals surface area contributed by atoms with E-state index in [1.54, 1.807) is 0 Å². The van der Waals surface area contributed by atoms with E-state index in [2.05, 4.69) is 231 Å². The molecule has 2 nitrogen and oxygen atoms in total. The molecule has 0 atom stereocenters. The van der Waals surface area contributed by atoms with Crippen molar-refractivity contribution in [3.63, 3.8) is 0 Å². The zero-order valence-electron chi connectivity index (χ0n) is 34.3. The summed E-state index contributed by atoms with van der Waals surface area (Å²) in [4.78, 5) is 2.43. The fraction of sp³-hybridized carbons (Fsp3) is 0.0847. The van der Waals surface area contributed by atoms with Crippen molar-refractivity contribution in [2.45, 2.75) is 31.1 Å². The first kappa shape index (κ1) is 35.5. The van der Waals surface area contributed by atoms with Crippen molar-refractivity contribution in [3.05, 3.63) is 257 Å². The molecule has 8 aromatic carbocycles. The molecule has 0 saturated heterocycles. The first-order chi connectivity index (χ1) is 30.0. The van der Waals surface area contributed by atoms with Gasteiger partial charge < -0.3 is 9.64 Å². The number of nitrogens with zero attached hydrogens (tertiary/aromatic N) is 1. The molecule has 3 aliphatic carbocycles. The maximum Gasteiger partial charge on any atom is 0.132 e. The SMILES string of the molecule is CC1(C)c2ccccc2-c2ccc(N(C3=CC=C(c4ccccc4)CC=C3)c3ccc(-c4cccc5c4C4(c6ccccc6Oc6ccccc64)c4ccccc4-5)cc3)cc21. The third-order valence-corrected chi connectivity index (χ3v) is 13.6. The van der Waals surface area contributed by atoms with Crippen LogP contribution < -0.4 is 9.64 Å². The second-order valence-corrected chi connectivity index (χ2v) is 17.2. The average Bonchev–Trinajstić information content (AvgIpc) is 3.57. The highest BCUT2D eigenvalue weighted by Crippen LogP contribution is 2.64. The van der Waals surface area contributed by atoms with Gasteiger partial charge in [0.1, 0.15) is 11.5 Å². The predicted octanol–water partition coefficient (Wildman–Crippen LogP) is 15.2. The van der Waals surface area contributed by atoms with Gasteiger partial charge in [0.2, 0.25) is 0 Å². The van der Waals surface area contributed by atoms with Crippen molar-refractivity contribution in [1.82, 2.24) is 0 Å². The summed E-state index contributed by atoms with van der Waals surface area (Å²) in [7, 11) is 0. The highest BCUT2D eigenvalue weighted by atomic mass is 16.5. The molecule has 0 unspecified atom stereocenters. The summed E-state index contributed by atoms with van der Waals surface area (Å²) in [6, 6.07) is 69.0. The fourth-order valence-corrected chi connectivity index (χ4v) is 10.9. The Labute approximate surface area is 358 Å². The monoisotopic (exact) mass is 781 g/mol. The summed E-state index contributed by atoms with van der Waals surface area (Å²) in [6.07, 6.45) is 10.0. The van der Waals surface area contributed by atoms with Crippen LogP contribution in [0.2, 0.25) is 0 Å². The van der Waals surface area contributed by atoms with Gasteiger partial charge in [-0.2, -0.15) is 0 Å². The largest absolute Gasteiger partial charge is 0.457 e. The number of rotatable bonds is 5. The van der Waals surface area contributed by atoms with Gasteiger partial charge in [-0.1, -0.05) is 178 Å². The Morgan fingerprint density at radius 2 is 1.02 bits per heavy atom. The van der Waals surface area contributed by atoms with E-state index in [0.717, 1.165) is 35.0 Å². The average molecular weight is 782 g/mol. The molecule has 1 aliphatic heterocycles. The van der Waals surface area contributed by atoms with Crippen molar-refractivity contribution in [2.24, 2.45) is 0 Å². The molecule has 61 heavy (non-hydrogen) atoms. The lowest BCUT2D eigenvalue weighted by atomic mass is 9.64. The van der Waals surface area contributed by atoms with Crippen LogP contribution in [0.5, 0.6) is 11.5 Å². The minimum atomic E-state index is -0.549. The number of benzene rings is 8. The van der Waals surface area contributed by atoms with Gasteiger partial charge in [-0.05, 0) is 122 Å². The Hall–Kier alpha value is -7.42. The Kier molecular flexibility index (Phi) is 7.89. The highest BCUT2D eigenvalue weighted by Gasteiger charge is 2.52. The molecule has 1 heterocycles. The summed E-state index contributed by atoms with van der Waals surface area (Å²) in [6.45, 7) is 4.72. The summed E-state index contributed by atoms with van der Waals surface area (Å²) in [5, 5.41) is 0. The lowest BCUT2D eigenvalue weighted by molar-refractivity contribution is 0.436. The Bertz CT molecular complexity index is 3120. The molecule has 0 amide bonds. The Morgan fingerprint density at radius 1 is 0.443 bits per heavy atom. The van der Waals surface area contributed by atoms with Crippen LogP contribution in [0.25, 0.3) is 39.0 Å². The smallest absolute Gasteiger partial charge is 0.132 e. The third kappa shape index (κ3) is 5.22. The van der Waals surface area contributed by atoms with E-state index in [0.29, 0.717) is 0 Å². The molecular weight excluding hydrogens is 739 g/mol. The zero-order valence-corrected chi connectivity index (χ0v) is 34.3. The second-order valence-electron chi connectivity index (χ2n) is 17.2. The van der Waals surface area contributed by atoms with Crippen LogP contribution in [0.4, 0.5) is 11.4 Å². The lowest BCUT2D eigenvalue weighted by Gasteiger charge is -2.40. The molecule has 0 saturated carbocycles. The van der Waals surface area contributed by atoms with Gasteiger partial charge in [-0.15, -0.1) is 0 Å². The molecule has 0 fully saturated rings. The highest BCUT2D eigenvalue weighted by molar-refractivity contribution is 5.94. The van der Waals surface area contributed by atoms with E-state index < -0.39 is 5.41 Å². The maximum absolute atomic E-state index is 6.66. The number of ether oxygens (including phenoxy) is 1. The van der Waals surface area contributed by atoms with E-state index in [1.807, 2.05) is 0 Å². The van der Waals surface area contributed by atoms with Gasteiger partial charge in [-0.3, -0.25) is 0 Å². The summed E-state index contributed by atoms with van der Waals surface area (Å²) < 4.78 is 6.66. The van der Waals surface area contributed by atoms with Crippen LogP contribution in [0.3, 0.4) is 0 Å². The van der Waals surface area contributed by atoms with Crippen molar-refractivity contribution in [1.29, 1.82) is 0 Å². The normalized spacial score (nSPS) is 15.5. The van der Waals surface area contributed by atoms with Crippen LogP contribution in [-0.2, 0) is 10.8 Å². The summed E-state index contributed by atoms with van der Waals surface area (Å²) in [5.74, 6) is 1.80. The van der Waals surface area contributed by atoms with Crippen molar-refractivity contribution < 1.29 is 4.74 Å². The fourth-order valence-electron chi connectivity index (χ4n) is 10.9. The second kappa shape index (κ2) is 13.6. The molecule has 0 bridgehead atoms. The predicted molar refractivity (Wildman–Crippen MR) is 252 cm³/mol. The maximum atomic E-state index is 6.66. The first-order valence-electron chi connectivity index (χ1n) is 21.4. The number of fused-ring (bicyclic) bond motifs is 12. The van der Waals surface area contributed by atoms with Gasteiger partial charge in [0.15, 0.2) is 0 Å². The van der Waals surface area contributed by atoms with Crippen molar-refractivity contribution in [2.75, 3.05) is 4.90 Å². The number of allylic oxidation sites excluding steroid dienone is 5. The molecule has 4 aliphatic rings. The standard InChI is InChI=1S/C59H43NO/c1-58(2)50-24-8-6-20-46(50)48-37-36-44(38-54(48)58)60(42-19-14-18-40(30-33-42)39-16-4-3-5-17-39)43-34-31-41(32-35-43)45-22-15-23-49-47-21-7-9-25-51(47)59(57(45)49)52-26-10-12-28-55(52)61-56-29-13-11-27-53(56)59/h3-17,19-38H,18H2,1-2H3. The van der Waals surface area contributed by atoms with Crippen LogP contribution in [-0.4, -0.2) is 0 Å². The number of anilines is 2. The molecule has 0 radical (unpaired) electrons. The Balaban J connectivity index is 1.03. The van der Waals surface area contributed by atoms with E-state index in [9.17, 15) is 0 Å². The molecule has 8 aromatic rings. The number of para-hydroxylation sites is 2. The first-order valence-corrected chi connectivity index (χ1v) is 21.4. The van der Waals surface area contributed by atoms with Gasteiger partial charge in [0.25, 0.3) is 0 Å². The van der Waals surface area contributed by atoms with Gasteiger partial charge in [0, 0.05) is 33.6 Å². The minimum absolute atomic E-state index is 0.117. The van der Waals surface area contributed by atoms with E-state index >= 15 is 0 Å². The number of hydrogen-bond acceptors (Lipinski definition) is 2. The molecule has 290 valence electrons. The van der Waals surface area contributed by atoms with Crippen molar-refractivity contribution >= 4 is 16.9 Å². The molecule has 2 heteroatoms. The van der Waals surface area contributed by atoms with Crippen LogP contribution >= 0.6 is 0 Å². The molecule has 0 aromatic heterocycles. The summed E-state index contributed by atoms with van der Waals surface area (Å²) >= 11 is 0. The molecule has 0 N–H and O–H groups in total. The van der Waals surface area contributed by atoms with E-state index in [-0.39, 0.29) is 5.41 Å². The lowest BCUT2D eigenvalue weighted by Crippen LogP contribution is -2.32. The quantitative estimate of drug-likeness (QED) is 0.172. The topological polar surface area (TPSA) is 12.5 Å². The number of hydrogen-bond donors (Lipinski definition) is 0. The van der Waals surface area contributed by atoms with Crippen LogP contribution in [0, 0.1) is 0 Å². The van der Waals surface area contributed by atoms with Crippen molar-refractivity contribution in [3.8, 4) is 44.9 Å². The third-order valence-electron chi connectivity index (χ3n) is 13.6. The Morgan fingerprint density at radius 3 is 1.75 bits per heavy atom. The van der Waals surface area contributed by atoms with Gasteiger partial charge >= 0.3 is 0 Å². The van der Waals surface area contributed by atoms with Gasteiger partial charge in [0.05, 0.1) is 5.41 Å². The van der Waals surface area contributed by atoms with Crippen LogP contribution in [0.15, 0.2) is 218 Å². The van der Waals surface area contributed by atoms with Crippen LogP contribution in [0.1, 0.15) is 59.2 Å². The van der Waals surface area contributed by atoms with E-state index in [1.165, 1.54) is 77.9 Å². The molecule has 12 rings (SSSR count). The minimum Gasteiger partial charge on any atom is -0.457 e. The summed E-state index contributed by atoms with van der Waals surface area (Å²) in [5.41, 5.74) is 20.5. The van der Waals surface area contributed by atoms with Gasteiger partial charge in [-0.25, -0.2) is 0 Å². The van der Waals surface area contributed by atoms with E-state index in [4.69, 9.17) is 4.74 Å².